The largest absolute Gasteiger partial charge is 0.496 e. The molecule has 1 atom stereocenters. The van der Waals surface area contributed by atoms with Gasteiger partial charge in [0, 0.05) is 22.4 Å². The van der Waals surface area contributed by atoms with Gasteiger partial charge in [0.1, 0.15) is 5.75 Å². The third-order valence-corrected chi connectivity index (χ3v) is 5.58. The third-order valence-electron chi connectivity index (χ3n) is 5.58. The Kier molecular flexibility index (Phi) is 4.36. The Morgan fingerprint density at radius 2 is 1.67 bits per heavy atom. The van der Waals surface area contributed by atoms with E-state index in [1.54, 1.807) is 7.11 Å². The molecule has 0 saturated carbocycles. The molecule has 5 rings (SSSR count). The lowest BCUT2D eigenvalue weighted by atomic mass is 9.89. The molecule has 0 spiro atoms. The molecule has 1 aliphatic rings. The maximum Gasteiger partial charge on any atom is 0.209 e. The molecule has 148 valence electrons. The second-order valence-corrected chi connectivity index (χ2v) is 7.27. The zero-order chi connectivity index (χ0) is 20.7. The Hall–Kier alpha value is -3.86. The van der Waals surface area contributed by atoms with Crippen LogP contribution >= 0.6 is 0 Å². The van der Waals surface area contributed by atoms with Gasteiger partial charge in [-0.25, -0.2) is 4.98 Å². The van der Waals surface area contributed by atoms with Crippen LogP contribution in [0.4, 0.5) is 5.95 Å². The number of para-hydroxylation sites is 3. The zero-order valence-corrected chi connectivity index (χ0v) is 16.8. The Labute approximate surface area is 174 Å². The molecule has 1 aromatic heterocycles. The van der Waals surface area contributed by atoms with E-state index < -0.39 is 0 Å². The van der Waals surface area contributed by atoms with Gasteiger partial charge < -0.3 is 10.1 Å². The van der Waals surface area contributed by atoms with Crippen LogP contribution < -0.4 is 10.1 Å². The lowest BCUT2D eigenvalue weighted by Gasteiger charge is -2.30. The molecule has 2 heterocycles. The molecule has 0 amide bonds. The Morgan fingerprint density at radius 1 is 0.967 bits per heavy atom. The van der Waals surface area contributed by atoms with E-state index in [1.807, 2.05) is 90.4 Å². The standard InChI is InChI=1S/C25H21N3O2/c1-16-22(24(29)17-10-4-3-5-11-17)23(18-12-6-9-15-21(18)30-2)27-25-26-19-13-7-8-14-20(19)28(16)25/h3-15,23H,1-2H3,(H,26,27). The fourth-order valence-electron chi connectivity index (χ4n) is 4.17. The van der Waals surface area contributed by atoms with E-state index in [0.29, 0.717) is 17.1 Å². The van der Waals surface area contributed by atoms with Crippen LogP contribution in [0.25, 0.3) is 16.7 Å². The summed E-state index contributed by atoms with van der Waals surface area (Å²) in [6.45, 7) is 1.98. The molecule has 1 unspecified atom stereocenters. The number of ketones is 1. The van der Waals surface area contributed by atoms with E-state index in [1.165, 1.54) is 0 Å². The summed E-state index contributed by atoms with van der Waals surface area (Å²) in [6, 6.07) is 24.7. The van der Waals surface area contributed by atoms with Crippen LogP contribution in [-0.4, -0.2) is 22.4 Å². The van der Waals surface area contributed by atoms with Gasteiger partial charge >= 0.3 is 0 Å². The number of carbonyl (C=O) groups excluding carboxylic acids is 1. The highest BCUT2D eigenvalue weighted by Crippen LogP contribution is 2.42. The molecule has 0 fully saturated rings. The van der Waals surface area contributed by atoms with Gasteiger partial charge in [-0.2, -0.15) is 0 Å². The van der Waals surface area contributed by atoms with Crippen molar-refractivity contribution < 1.29 is 9.53 Å². The van der Waals surface area contributed by atoms with Crippen molar-refractivity contribution in [2.24, 2.45) is 0 Å². The molecule has 1 aliphatic heterocycles. The normalized spacial score (nSPS) is 15.6. The Balaban J connectivity index is 1.77. The monoisotopic (exact) mass is 395 g/mol. The first-order chi connectivity index (χ1) is 14.7. The number of carbonyl (C=O) groups is 1. The molecule has 3 aromatic carbocycles. The van der Waals surface area contributed by atoms with E-state index in [-0.39, 0.29) is 11.8 Å². The van der Waals surface area contributed by atoms with Crippen LogP contribution in [0.3, 0.4) is 0 Å². The number of hydrogen-bond acceptors (Lipinski definition) is 4. The van der Waals surface area contributed by atoms with Crippen molar-refractivity contribution in [2.75, 3.05) is 12.4 Å². The van der Waals surface area contributed by atoms with Crippen LogP contribution in [0.1, 0.15) is 28.9 Å². The van der Waals surface area contributed by atoms with Gasteiger partial charge in [0.15, 0.2) is 5.78 Å². The summed E-state index contributed by atoms with van der Waals surface area (Å²) in [5, 5.41) is 3.50. The van der Waals surface area contributed by atoms with Crippen LogP contribution in [0.15, 0.2) is 84.4 Å². The third kappa shape index (κ3) is 2.78. The quantitative estimate of drug-likeness (QED) is 0.475. The average Bonchev–Trinajstić information content (AvgIpc) is 3.18. The summed E-state index contributed by atoms with van der Waals surface area (Å²) in [6.07, 6.45) is 0. The number of fused-ring (bicyclic) bond motifs is 3. The topological polar surface area (TPSA) is 56.1 Å². The summed E-state index contributed by atoms with van der Waals surface area (Å²) < 4.78 is 7.64. The number of imidazole rings is 1. The maximum atomic E-state index is 13.7. The number of methoxy groups -OCH3 is 1. The molecule has 5 nitrogen and oxygen atoms in total. The minimum Gasteiger partial charge on any atom is -0.496 e. The maximum absolute atomic E-state index is 13.7. The molecule has 5 heteroatoms. The molecular formula is C25H21N3O2. The molecule has 30 heavy (non-hydrogen) atoms. The van der Waals surface area contributed by atoms with Crippen LogP contribution in [-0.2, 0) is 0 Å². The van der Waals surface area contributed by atoms with Crippen molar-refractivity contribution in [2.45, 2.75) is 13.0 Å². The van der Waals surface area contributed by atoms with Gasteiger partial charge in [-0.05, 0) is 25.1 Å². The highest BCUT2D eigenvalue weighted by molar-refractivity contribution is 6.14. The molecule has 4 aromatic rings. The number of anilines is 1. The predicted octanol–water partition coefficient (Wildman–Crippen LogP) is 5.33. The number of benzene rings is 3. The number of hydrogen-bond donors (Lipinski definition) is 1. The first-order valence-electron chi connectivity index (χ1n) is 9.87. The van der Waals surface area contributed by atoms with Gasteiger partial charge in [0.2, 0.25) is 5.95 Å². The van der Waals surface area contributed by atoms with E-state index in [0.717, 1.165) is 28.0 Å². The second kappa shape index (κ2) is 7.19. The van der Waals surface area contributed by atoms with Crippen molar-refractivity contribution in [3.8, 4) is 5.75 Å². The van der Waals surface area contributed by atoms with E-state index in [2.05, 4.69) is 5.32 Å². The SMILES string of the molecule is COc1ccccc1C1Nc2nc3ccccc3n2C(C)=C1C(=O)c1ccccc1. The van der Waals surface area contributed by atoms with E-state index >= 15 is 0 Å². The molecule has 1 N–H and O–H groups in total. The molecule has 0 aliphatic carbocycles. The first kappa shape index (κ1) is 18.2. The van der Waals surface area contributed by atoms with E-state index in [9.17, 15) is 4.79 Å². The lowest BCUT2D eigenvalue weighted by Crippen LogP contribution is -2.27. The number of Topliss-reactive ketones (excluding diaryl/α,β-unsaturated/α-hetero) is 1. The van der Waals surface area contributed by atoms with Crippen molar-refractivity contribution in [1.29, 1.82) is 0 Å². The fraction of sp³-hybridized carbons (Fsp3) is 0.120. The smallest absolute Gasteiger partial charge is 0.209 e. The fourth-order valence-corrected chi connectivity index (χ4v) is 4.17. The number of allylic oxidation sites excluding steroid dienone is 1. The van der Waals surface area contributed by atoms with E-state index in [4.69, 9.17) is 9.72 Å². The van der Waals surface area contributed by atoms with Crippen molar-refractivity contribution in [3.05, 3.63) is 95.6 Å². The van der Waals surface area contributed by atoms with Gasteiger partial charge in [-0.3, -0.25) is 9.36 Å². The minimum atomic E-state index is -0.377. The highest BCUT2D eigenvalue weighted by Gasteiger charge is 2.34. The summed E-state index contributed by atoms with van der Waals surface area (Å²) in [7, 11) is 1.65. The van der Waals surface area contributed by atoms with Gasteiger partial charge in [-0.15, -0.1) is 0 Å². The number of rotatable bonds is 4. The summed E-state index contributed by atoms with van der Waals surface area (Å²) in [4.78, 5) is 18.5. The van der Waals surface area contributed by atoms with Crippen molar-refractivity contribution in [3.63, 3.8) is 0 Å². The lowest BCUT2D eigenvalue weighted by molar-refractivity contribution is 0.102. The Morgan fingerprint density at radius 3 is 2.47 bits per heavy atom. The average molecular weight is 395 g/mol. The first-order valence-corrected chi connectivity index (χ1v) is 9.87. The van der Waals surface area contributed by atoms with Crippen LogP contribution in [0, 0.1) is 0 Å². The van der Waals surface area contributed by atoms with Gasteiger partial charge in [0.05, 0.1) is 24.2 Å². The number of aromatic nitrogens is 2. The molecule has 0 bridgehead atoms. The molecule has 0 saturated heterocycles. The highest BCUT2D eigenvalue weighted by atomic mass is 16.5. The minimum absolute atomic E-state index is 0.0139. The summed E-state index contributed by atoms with van der Waals surface area (Å²) >= 11 is 0. The zero-order valence-electron chi connectivity index (χ0n) is 16.8. The van der Waals surface area contributed by atoms with Crippen molar-refractivity contribution >= 4 is 28.5 Å². The number of nitrogens with one attached hydrogen (secondary N) is 1. The second-order valence-electron chi connectivity index (χ2n) is 7.27. The Bertz CT molecular complexity index is 1290. The number of nitrogens with zero attached hydrogens (tertiary/aromatic N) is 2. The van der Waals surface area contributed by atoms with Crippen molar-refractivity contribution in [1.82, 2.24) is 9.55 Å². The van der Waals surface area contributed by atoms with Crippen LogP contribution in [0.2, 0.25) is 0 Å². The molecular weight excluding hydrogens is 374 g/mol. The van der Waals surface area contributed by atoms with Crippen LogP contribution in [0.5, 0.6) is 5.75 Å². The molecule has 0 radical (unpaired) electrons. The summed E-state index contributed by atoms with van der Waals surface area (Å²) in [5.41, 5.74) is 4.95. The van der Waals surface area contributed by atoms with Gasteiger partial charge in [0.25, 0.3) is 0 Å². The predicted molar refractivity (Wildman–Crippen MR) is 119 cm³/mol. The number of ether oxygens (including phenoxy) is 1. The summed E-state index contributed by atoms with van der Waals surface area (Å²) in [5.74, 6) is 1.43. The van der Waals surface area contributed by atoms with Gasteiger partial charge in [-0.1, -0.05) is 60.7 Å².